The van der Waals surface area contributed by atoms with Gasteiger partial charge < -0.3 is 149 Å². The molecular weight excluding hydrogens is 936 g/mol. The molecule has 398 valence electrons. The molecule has 0 spiro atoms. The van der Waals surface area contributed by atoms with Crippen LogP contribution >= 0.6 is 0 Å². The average Bonchev–Trinajstić information content (AvgIpc) is 3.33. The fourth-order valence-electron chi connectivity index (χ4n) is 8.79. The van der Waals surface area contributed by atoms with Gasteiger partial charge in [-0.05, 0) is 6.92 Å². The summed E-state index contributed by atoms with van der Waals surface area (Å²) in [7, 11) is 1.17. The molecule has 68 heavy (non-hydrogen) atoms. The van der Waals surface area contributed by atoms with Gasteiger partial charge in [-0.2, -0.15) is 0 Å². The van der Waals surface area contributed by atoms with Gasteiger partial charge in [0, 0.05) is 7.11 Å². The minimum atomic E-state index is -2.19. The summed E-state index contributed by atoms with van der Waals surface area (Å²) in [4.78, 5) is 0. The molecule has 6 rings (SSSR count). The van der Waals surface area contributed by atoms with Crippen LogP contribution in [0, 0.1) is 0 Å². The number of hydrogen-bond donors (Lipinski definition) is 18. The predicted octanol–water partition coefficient (Wildman–Crippen LogP) is -12.4. The molecule has 6 aliphatic rings. The van der Waals surface area contributed by atoms with Crippen molar-refractivity contribution >= 4 is 0 Å². The molecule has 0 saturated carbocycles. The summed E-state index contributed by atoms with van der Waals surface area (Å²) in [5.74, 6) is 0. The fraction of sp³-hybridized carbons (Fsp3) is 1.00. The van der Waals surface area contributed by atoms with Crippen LogP contribution in [0.1, 0.15) is 6.92 Å². The highest BCUT2D eigenvalue weighted by atomic mass is 16.8. The topological polar surface area (TPSA) is 475 Å². The normalized spacial score (nSPS) is 52.8. The van der Waals surface area contributed by atoms with E-state index >= 15 is 0 Å². The molecule has 30 atom stereocenters. The van der Waals surface area contributed by atoms with Crippen molar-refractivity contribution in [3.8, 4) is 0 Å². The van der Waals surface area contributed by atoms with Gasteiger partial charge in [0.1, 0.15) is 146 Å². The first-order valence-electron chi connectivity index (χ1n) is 21.8. The smallest absolute Gasteiger partial charge is 0.187 e. The minimum absolute atomic E-state index is 0.630. The van der Waals surface area contributed by atoms with Crippen LogP contribution in [-0.4, -0.2) is 323 Å². The number of ether oxygens (including phenoxy) is 12. The van der Waals surface area contributed by atoms with E-state index in [1.165, 1.54) is 14.0 Å². The SMILES string of the molecule is CO[C@@H]1C(CO)O[C@@H](O[C@H]2C(O)C(O)[C@H](O[C@@H]3C(CO)O[C@@H](O[C@H]4C(O)C(O)[C@H](C)O[C@H]4CO[C@@H]4O[C@@H](CO)[C@H](O)C(O)C4O)C(O)[C@@H]3O)O[C@H]2CO[C@@H]2O[C@@H](CO)[C@H](O)C(O)C2O)C(O)[C@@H]1O. The molecule has 6 heterocycles. The van der Waals surface area contributed by atoms with Gasteiger partial charge in [-0.25, -0.2) is 0 Å². The maximum atomic E-state index is 11.5. The lowest BCUT2D eigenvalue weighted by Crippen LogP contribution is -2.67. The first-order valence-corrected chi connectivity index (χ1v) is 21.8. The van der Waals surface area contributed by atoms with Crippen LogP contribution in [0.25, 0.3) is 0 Å². The Labute approximate surface area is 386 Å². The van der Waals surface area contributed by atoms with Crippen molar-refractivity contribution in [3.63, 3.8) is 0 Å². The lowest BCUT2D eigenvalue weighted by atomic mass is 9.94. The monoisotopic (exact) mass is 1000 g/mol. The van der Waals surface area contributed by atoms with E-state index in [2.05, 4.69) is 0 Å². The zero-order chi connectivity index (χ0) is 50.0. The number of aliphatic hydroxyl groups excluding tert-OH is 18. The fourth-order valence-corrected chi connectivity index (χ4v) is 8.79. The van der Waals surface area contributed by atoms with Crippen molar-refractivity contribution in [2.24, 2.45) is 0 Å². The quantitative estimate of drug-likeness (QED) is 0.0643. The van der Waals surface area contributed by atoms with Gasteiger partial charge in [0.2, 0.25) is 0 Å². The maximum absolute atomic E-state index is 11.5. The summed E-state index contributed by atoms with van der Waals surface area (Å²) in [6.07, 6.45) is -52.7. The predicted molar refractivity (Wildman–Crippen MR) is 207 cm³/mol. The largest absolute Gasteiger partial charge is 0.394 e. The van der Waals surface area contributed by atoms with E-state index in [0.717, 1.165) is 0 Å². The van der Waals surface area contributed by atoms with Gasteiger partial charge in [-0.3, -0.25) is 0 Å². The van der Waals surface area contributed by atoms with E-state index in [1.807, 2.05) is 0 Å². The molecule has 6 saturated heterocycles. The molecule has 6 aliphatic heterocycles. The van der Waals surface area contributed by atoms with Crippen LogP contribution in [0.2, 0.25) is 0 Å². The second kappa shape index (κ2) is 24.2. The van der Waals surface area contributed by atoms with E-state index in [9.17, 15) is 91.9 Å². The van der Waals surface area contributed by atoms with Crippen molar-refractivity contribution in [1.29, 1.82) is 0 Å². The van der Waals surface area contributed by atoms with Gasteiger partial charge in [0.05, 0.1) is 45.7 Å². The Kier molecular flexibility index (Phi) is 20.0. The molecule has 0 aromatic carbocycles. The van der Waals surface area contributed by atoms with E-state index in [-0.39, 0.29) is 0 Å². The van der Waals surface area contributed by atoms with Crippen LogP contribution in [0.4, 0.5) is 0 Å². The molecule has 6 fully saturated rings. The number of aliphatic hydroxyl groups is 18. The Morgan fingerprint density at radius 2 is 0.603 bits per heavy atom. The zero-order valence-electron chi connectivity index (χ0n) is 36.5. The van der Waals surface area contributed by atoms with Crippen LogP contribution in [0.15, 0.2) is 0 Å². The summed E-state index contributed by atoms with van der Waals surface area (Å²) >= 11 is 0. The van der Waals surface area contributed by atoms with Crippen molar-refractivity contribution < 1.29 is 149 Å². The average molecular weight is 1000 g/mol. The molecule has 30 nitrogen and oxygen atoms in total. The molecule has 0 aromatic rings. The Balaban J connectivity index is 1.18. The maximum Gasteiger partial charge on any atom is 0.187 e. The molecule has 0 aliphatic carbocycles. The van der Waals surface area contributed by atoms with Crippen molar-refractivity contribution in [3.05, 3.63) is 0 Å². The molecule has 30 heteroatoms. The van der Waals surface area contributed by atoms with E-state index in [4.69, 9.17) is 56.8 Å². The molecule has 0 amide bonds. The molecule has 0 aromatic heterocycles. The molecular formula is C38H66O30. The highest BCUT2D eigenvalue weighted by Gasteiger charge is 2.56. The minimum Gasteiger partial charge on any atom is -0.394 e. The summed E-state index contributed by atoms with van der Waals surface area (Å²) in [6, 6.07) is 0. The Bertz CT molecular complexity index is 1520. The molecule has 12 unspecified atom stereocenters. The van der Waals surface area contributed by atoms with E-state index in [0.29, 0.717) is 0 Å². The second-order valence-electron chi connectivity index (χ2n) is 17.4. The summed E-state index contributed by atoms with van der Waals surface area (Å²) in [5, 5.41) is 190. The lowest BCUT2D eigenvalue weighted by Gasteiger charge is -2.49. The Morgan fingerprint density at radius 1 is 0.309 bits per heavy atom. The first-order chi connectivity index (χ1) is 32.2. The van der Waals surface area contributed by atoms with Gasteiger partial charge in [0.15, 0.2) is 31.5 Å². The molecule has 0 radical (unpaired) electrons. The Morgan fingerprint density at radius 3 is 0.985 bits per heavy atom. The third-order valence-electron chi connectivity index (χ3n) is 12.9. The highest BCUT2D eigenvalue weighted by molar-refractivity contribution is 4.99. The van der Waals surface area contributed by atoms with Gasteiger partial charge in [0.25, 0.3) is 0 Å². The molecule has 18 N–H and O–H groups in total. The standard InChI is InChI=1S/C38H66O30/c1-9-16(43)21(48)32(14(60-9)7-58-34-25(52)19(46)17(44)10(3-39)61-34)67-37-28(55)23(50)31(13(6-42)64-37)66-38-29(56)24(51)33(68-36-27(54)22(49)30(57-2)12(5-41)63-36)15(65-38)8-59-35-26(53)20(47)18(45)11(4-40)62-35/h9-56H,3-8H2,1-2H3/t9-,10-,11-,12?,13?,14-,15-,16?,17-,18-,19?,20?,21?,22-,23-,24?,25?,26?,27?,28?,29?,30+,31+,32+,33+,34+,35+,36-,37-,38-/m0/s1. The highest BCUT2D eigenvalue weighted by Crippen LogP contribution is 2.36. The zero-order valence-corrected chi connectivity index (χ0v) is 36.5. The third kappa shape index (κ3) is 11.6. The van der Waals surface area contributed by atoms with Gasteiger partial charge in [-0.15, -0.1) is 0 Å². The lowest BCUT2D eigenvalue weighted by molar-refractivity contribution is -0.390. The van der Waals surface area contributed by atoms with Gasteiger partial charge in [-0.1, -0.05) is 0 Å². The van der Waals surface area contributed by atoms with Crippen molar-refractivity contribution in [1.82, 2.24) is 0 Å². The number of methoxy groups -OCH3 is 1. The Hall–Kier alpha value is -1.20. The summed E-state index contributed by atoms with van der Waals surface area (Å²) in [5.41, 5.74) is 0. The van der Waals surface area contributed by atoms with E-state index < -0.39 is 224 Å². The van der Waals surface area contributed by atoms with Crippen LogP contribution in [-0.2, 0) is 56.8 Å². The van der Waals surface area contributed by atoms with Gasteiger partial charge >= 0.3 is 0 Å². The number of rotatable bonds is 17. The summed E-state index contributed by atoms with van der Waals surface area (Å²) in [6.45, 7) is -3.46. The van der Waals surface area contributed by atoms with Crippen LogP contribution in [0.5, 0.6) is 0 Å². The van der Waals surface area contributed by atoms with Crippen molar-refractivity contribution in [2.75, 3.05) is 46.8 Å². The second-order valence-corrected chi connectivity index (χ2v) is 17.4. The van der Waals surface area contributed by atoms with Crippen LogP contribution < -0.4 is 0 Å². The van der Waals surface area contributed by atoms with E-state index in [1.54, 1.807) is 0 Å². The summed E-state index contributed by atoms with van der Waals surface area (Å²) < 4.78 is 67.5. The number of hydrogen-bond acceptors (Lipinski definition) is 30. The van der Waals surface area contributed by atoms with Crippen LogP contribution in [0.3, 0.4) is 0 Å². The van der Waals surface area contributed by atoms with Crippen molar-refractivity contribution in [2.45, 2.75) is 191 Å². The first kappa shape index (κ1) is 56.1. The molecule has 0 bridgehead atoms. The third-order valence-corrected chi connectivity index (χ3v) is 12.9.